The van der Waals surface area contributed by atoms with Gasteiger partial charge in [-0.15, -0.1) is 0 Å². The van der Waals surface area contributed by atoms with E-state index in [-0.39, 0.29) is 36.4 Å². The number of piperazine rings is 1. The predicted octanol–water partition coefficient (Wildman–Crippen LogP) is 2.53. The van der Waals surface area contributed by atoms with Crippen molar-refractivity contribution in [2.24, 2.45) is 11.7 Å². The number of rotatable bonds is 10. The highest BCUT2D eigenvalue weighted by Gasteiger charge is 2.34. The van der Waals surface area contributed by atoms with Crippen LogP contribution in [-0.2, 0) is 16.1 Å². The summed E-state index contributed by atoms with van der Waals surface area (Å²) in [5.41, 5.74) is 7.02. The summed E-state index contributed by atoms with van der Waals surface area (Å²) >= 11 is 0. The Hall–Kier alpha value is -3.89. The maximum Gasteiger partial charge on any atom is 0.387 e. The molecule has 1 aliphatic carbocycles. The van der Waals surface area contributed by atoms with Crippen LogP contribution in [0.5, 0.6) is 11.5 Å². The van der Waals surface area contributed by atoms with Crippen LogP contribution >= 0.6 is 0 Å². The maximum atomic E-state index is 13.2. The minimum atomic E-state index is -2.98. The molecule has 0 aromatic heterocycles. The Morgan fingerprint density at radius 1 is 1.11 bits per heavy atom. The molecule has 2 aromatic carbocycles. The Bertz CT molecular complexity index is 1160. The summed E-state index contributed by atoms with van der Waals surface area (Å²) in [6.45, 7) is -0.0511. The average molecular weight is 517 g/mol. The van der Waals surface area contributed by atoms with Gasteiger partial charge in [-0.25, -0.2) is 0 Å². The van der Waals surface area contributed by atoms with Crippen LogP contribution < -0.4 is 25.4 Å². The van der Waals surface area contributed by atoms with Crippen LogP contribution in [-0.4, -0.2) is 61.5 Å². The number of nitrogens with one attached hydrogen (secondary N) is 1. The lowest BCUT2D eigenvalue weighted by atomic mass is 10.1. The lowest BCUT2D eigenvalue weighted by Gasteiger charge is -2.41. The van der Waals surface area contributed by atoms with E-state index in [1.54, 1.807) is 36.4 Å². The molecule has 3 N–H and O–H groups in total. The minimum Gasteiger partial charge on any atom is -0.489 e. The first-order valence-electron chi connectivity index (χ1n) is 12.1. The largest absolute Gasteiger partial charge is 0.489 e. The van der Waals surface area contributed by atoms with Gasteiger partial charge in [-0.1, -0.05) is 12.1 Å². The number of ether oxygens (including phenoxy) is 2. The molecule has 37 heavy (non-hydrogen) atoms. The monoisotopic (exact) mass is 516 g/mol. The molecule has 0 spiro atoms. The molecule has 11 heteroatoms. The lowest BCUT2D eigenvalue weighted by molar-refractivity contribution is -0.139. The topological polar surface area (TPSA) is 114 Å². The minimum absolute atomic E-state index is 0.0470. The van der Waals surface area contributed by atoms with Crippen molar-refractivity contribution in [2.45, 2.75) is 39.0 Å². The van der Waals surface area contributed by atoms with Crippen LogP contribution in [0.2, 0.25) is 0 Å². The van der Waals surface area contributed by atoms with Crippen molar-refractivity contribution in [1.29, 1.82) is 0 Å². The van der Waals surface area contributed by atoms with E-state index < -0.39 is 18.6 Å². The summed E-state index contributed by atoms with van der Waals surface area (Å²) in [5.74, 6) is -0.566. The van der Waals surface area contributed by atoms with Gasteiger partial charge in [0, 0.05) is 50.4 Å². The lowest BCUT2D eigenvalue weighted by Crippen LogP contribution is -2.60. The van der Waals surface area contributed by atoms with Crippen molar-refractivity contribution >= 4 is 23.4 Å². The number of carbonyl (C=O) groups excluding carboxylic acids is 3. The van der Waals surface area contributed by atoms with Crippen LogP contribution in [0.4, 0.5) is 14.5 Å². The molecule has 1 unspecified atom stereocenters. The molecule has 4 rings (SSSR count). The Morgan fingerprint density at radius 3 is 2.57 bits per heavy atom. The quantitative estimate of drug-likeness (QED) is 0.502. The van der Waals surface area contributed by atoms with E-state index in [1.807, 2.05) is 4.90 Å². The van der Waals surface area contributed by atoms with Crippen molar-refractivity contribution in [3.05, 3.63) is 53.6 Å². The highest BCUT2D eigenvalue weighted by molar-refractivity contribution is 5.93. The molecule has 9 nitrogen and oxygen atoms in total. The Morgan fingerprint density at radius 2 is 1.89 bits per heavy atom. The second-order valence-electron chi connectivity index (χ2n) is 9.22. The number of primary amides is 1. The second-order valence-corrected chi connectivity index (χ2v) is 9.22. The number of amides is 3. The van der Waals surface area contributed by atoms with Crippen LogP contribution in [0.25, 0.3) is 0 Å². The van der Waals surface area contributed by atoms with E-state index in [9.17, 15) is 23.2 Å². The van der Waals surface area contributed by atoms with Gasteiger partial charge in [-0.05, 0) is 48.6 Å². The summed E-state index contributed by atoms with van der Waals surface area (Å²) in [4.78, 5) is 40.3. The zero-order chi connectivity index (χ0) is 26.5. The number of nitrogens with zero attached hydrogens (tertiary/aromatic N) is 2. The van der Waals surface area contributed by atoms with Gasteiger partial charge >= 0.3 is 6.61 Å². The van der Waals surface area contributed by atoms with Gasteiger partial charge in [-0.3, -0.25) is 14.4 Å². The first kappa shape index (κ1) is 26.2. The summed E-state index contributed by atoms with van der Waals surface area (Å²) in [7, 11) is 0. The number of hydrogen-bond donors (Lipinski definition) is 2. The Balaban J connectivity index is 1.48. The van der Waals surface area contributed by atoms with Crippen LogP contribution in [0.15, 0.2) is 42.5 Å². The average Bonchev–Trinajstić information content (AvgIpc) is 3.70. The summed E-state index contributed by atoms with van der Waals surface area (Å²) in [6, 6.07) is 10.5. The number of anilines is 1. The van der Waals surface area contributed by atoms with Gasteiger partial charge in [-0.2, -0.15) is 8.78 Å². The normalized spacial score (nSPS) is 17.5. The van der Waals surface area contributed by atoms with Crippen molar-refractivity contribution in [2.75, 3.05) is 31.1 Å². The van der Waals surface area contributed by atoms with Crippen molar-refractivity contribution in [3.8, 4) is 11.5 Å². The molecular weight excluding hydrogens is 486 g/mol. The van der Waals surface area contributed by atoms with E-state index in [2.05, 4.69) is 10.1 Å². The third-order valence-electron chi connectivity index (χ3n) is 6.45. The molecule has 3 amide bonds. The molecule has 1 saturated heterocycles. The fourth-order valence-electron chi connectivity index (χ4n) is 4.25. The number of carbonyl (C=O) groups is 3. The fraction of sp³-hybridized carbons (Fsp3) is 0.423. The van der Waals surface area contributed by atoms with Crippen LogP contribution in [0.3, 0.4) is 0 Å². The van der Waals surface area contributed by atoms with Gasteiger partial charge in [0.1, 0.15) is 6.04 Å². The van der Waals surface area contributed by atoms with E-state index >= 15 is 0 Å². The smallest absolute Gasteiger partial charge is 0.387 e. The van der Waals surface area contributed by atoms with E-state index in [0.29, 0.717) is 42.4 Å². The van der Waals surface area contributed by atoms with Crippen molar-refractivity contribution in [3.63, 3.8) is 0 Å². The standard InChI is InChI=1S/C26H30F2N4O5/c1-16(33)32-10-9-31(14-21(32)25(35)30-13-18-3-2-4-19(11-18)24(29)34)20-7-8-22(37-26(27)28)23(12-20)36-15-17-5-6-17/h2-4,7-8,11-12,17,21,26H,5-6,9-10,13-15H2,1H3,(H2,29,34)(H,30,35). The van der Waals surface area contributed by atoms with Crippen molar-refractivity contribution in [1.82, 2.24) is 10.2 Å². The van der Waals surface area contributed by atoms with Gasteiger partial charge in [0.2, 0.25) is 17.7 Å². The maximum absolute atomic E-state index is 13.2. The predicted molar refractivity (Wildman–Crippen MR) is 131 cm³/mol. The van der Waals surface area contributed by atoms with Crippen LogP contribution in [0, 0.1) is 5.92 Å². The molecule has 1 atom stereocenters. The first-order chi connectivity index (χ1) is 17.7. The SMILES string of the molecule is CC(=O)N1CCN(c2ccc(OC(F)F)c(OCC3CC3)c2)CC1C(=O)NCc1cccc(C(N)=O)c1. The number of hydrogen-bond acceptors (Lipinski definition) is 6. The highest BCUT2D eigenvalue weighted by atomic mass is 19.3. The highest BCUT2D eigenvalue weighted by Crippen LogP contribution is 2.36. The number of nitrogens with two attached hydrogens (primary N) is 1. The van der Waals surface area contributed by atoms with Gasteiger partial charge in [0.25, 0.3) is 0 Å². The molecule has 1 aliphatic heterocycles. The third kappa shape index (κ3) is 6.87. The number of alkyl halides is 2. The Kier molecular flexibility index (Phi) is 8.10. The molecule has 2 fully saturated rings. The van der Waals surface area contributed by atoms with Gasteiger partial charge in [0.05, 0.1) is 6.61 Å². The molecule has 0 bridgehead atoms. The van der Waals surface area contributed by atoms with Gasteiger partial charge < -0.3 is 30.3 Å². The number of benzene rings is 2. The molecular formula is C26H30F2N4O5. The molecule has 0 radical (unpaired) electrons. The number of halogens is 2. The van der Waals surface area contributed by atoms with E-state index in [0.717, 1.165) is 12.8 Å². The van der Waals surface area contributed by atoms with E-state index in [4.69, 9.17) is 10.5 Å². The summed E-state index contributed by atoms with van der Waals surface area (Å²) in [6.07, 6.45) is 2.09. The molecule has 198 valence electrons. The zero-order valence-electron chi connectivity index (χ0n) is 20.5. The third-order valence-corrected chi connectivity index (χ3v) is 6.45. The molecule has 2 aliphatic rings. The van der Waals surface area contributed by atoms with Crippen molar-refractivity contribution < 1.29 is 32.6 Å². The van der Waals surface area contributed by atoms with Crippen LogP contribution in [0.1, 0.15) is 35.7 Å². The Labute approximate surface area is 213 Å². The summed E-state index contributed by atoms with van der Waals surface area (Å²) in [5, 5.41) is 2.83. The molecule has 2 aromatic rings. The van der Waals surface area contributed by atoms with E-state index in [1.165, 1.54) is 17.9 Å². The fourth-order valence-corrected chi connectivity index (χ4v) is 4.25. The zero-order valence-corrected chi connectivity index (χ0v) is 20.5. The molecule has 1 saturated carbocycles. The second kappa shape index (κ2) is 11.4. The summed E-state index contributed by atoms with van der Waals surface area (Å²) < 4.78 is 36.2. The first-order valence-corrected chi connectivity index (χ1v) is 12.1. The van der Waals surface area contributed by atoms with Gasteiger partial charge in [0.15, 0.2) is 11.5 Å². The molecule has 1 heterocycles.